The van der Waals surface area contributed by atoms with E-state index in [-0.39, 0.29) is 18.0 Å². The van der Waals surface area contributed by atoms with Gasteiger partial charge in [0.25, 0.3) is 0 Å². The molecule has 0 radical (unpaired) electrons. The normalized spacial score (nSPS) is 10.2. The van der Waals surface area contributed by atoms with Crippen molar-refractivity contribution >= 4 is 5.91 Å². The number of amides is 1. The first kappa shape index (κ1) is 12.0. The number of hydrogen-bond acceptors (Lipinski definition) is 2. The summed E-state index contributed by atoms with van der Waals surface area (Å²) in [6.07, 6.45) is 0.654. The van der Waals surface area contributed by atoms with Crippen molar-refractivity contribution < 1.29 is 4.79 Å². The van der Waals surface area contributed by atoms with Crippen LogP contribution >= 0.6 is 0 Å². The van der Waals surface area contributed by atoms with Gasteiger partial charge in [-0.05, 0) is 27.7 Å². The van der Waals surface area contributed by atoms with E-state index in [1.54, 1.807) is 0 Å². The van der Waals surface area contributed by atoms with Crippen molar-refractivity contribution in [2.75, 3.05) is 0 Å². The minimum Gasteiger partial charge on any atom is -0.338 e. The molecule has 0 heterocycles. The molecule has 0 bridgehead atoms. The summed E-state index contributed by atoms with van der Waals surface area (Å²) in [5.74, 6) is 0.0755. The van der Waals surface area contributed by atoms with Crippen molar-refractivity contribution in [3.8, 4) is 6.07 Å². The third kappa shape index (κ3) is 3.93. The summed E-state index contributed by atoms with van der Waals surface area (Å²) in [5, 5.41) is 8.35. The molecule has 0 atom stereocenters. The van der Waals surface area contributed by atoms with Crippen molar-refractivity contribution in [3.05, 3.63) is 0 Å². The largest absolute Gasteiger partial charge is 0.338 e. The highest BCUT2D eigenvalue weighted by Crippen LogP contribution is 2.08. The van der Waals surface area contributed by atoms with Crippen LogP contribution in [0.15, 0.2) is 0 Å². The average Bonchev–Trinajstić information content (AvgIpc) is 1.99. The van der Waals surface area contributed by atoms with Gasteiger partial charge < -0.3 is 4.90 Å². The van der Waals surface area contributed by atoms with Gasteiger partial charge in [-0.3, -0.25) is 4.79 Å². The van der Waals surface area contributed by atoms with Crippen molar-refractivity contribution in [2.24, 2.45) is 0 Å². The number of nitriles is 1. The maximum atomic E-state index is 11.6. The van der Waals surface area contributed by atoms with Gasteiger partial charge in [0.2, 0.25) is 5.91 Å². The molecule has 0 aromatic rings. The molecule has 0 aromatic carbocycles. The van der Waals surface area contributed by atoms with E-state index in [1.807, 2.05) is 38.7 Å². The molecule has 1 amide bonds. The minimum atomic E-state index is 0.0755. The predicted molar refractivity (Wildman–Crippen MR) is 52.0 cm³/mol. The highest BCUT2D eigenvalue weighted by Gasteiger charge is 2.18. The summed E-state index contributed by atoms with van der Waals surface area (Å²) >= 11 is 0. The van der Waals surface area contributed by atoms with Crippen molar-refractivity contribution in [2.45, 2.75) is 52.6 Å². The van der Waals surface area contributed by atoms with Crippen LogP contribution in [0.25, 0.3) is 0 Å². The molecule has 0 fully saturated rings. The van der Waals surface area contributed by atoms with Crippen molar-refractivity contribution in [1.29, 1.82) is 5.26 Å². The Labute approximate surface area is 80.3 Å². The topological polar surface area (TPSA) is 44.1 Å². The molecule has 0 rings (SSSR count). The predicted octanol–water partition coefficient (Wildman–Crippen LogP) is 1.94. The summed E-state index contributed by atoms with van der Waals surface area (Å²) in [5.41, 5.74) is 0. The van der Waals surface area contributed by atoms with Gasteiger partial charge in [0, 0.05) is 24.9 Å². The standard InChI is InChI=1S/C10H18N2O/c1-8(2)12(9(3)4)10(13)6-5-7-11/h8-9H,5-6H2,1-4H3. The molecule has 0 N–H and O–H groups in total. The fourth-order valence-corrected chi connectivity index (χ4v) is 1.46. The molecule has 0 unspecified atom stereocenters. The summed E-state index contributed by atoms with van der Waals surface area (Å²) in [4.78, 5) is 13.4. The molecule has 3 heteroatoms. The molecule has 0 aromatic heterocycles. The molecule has 0 saturated heterocycles. The fraction of sp³-hybridized carbons (Fsp3) is 0.800. The zero-order valence-corrected chi connectivity index (χ0v) is 8.87. The van der Waals surface area contributed by atoms with Crippen LogP contribution < -0.4 is 0 Å². The van der Waals surface area contributed by atoms with Crippen LogP contribution in [0.5, 0.6) is 0 Å². The lowest BCUT2D eigenvalue weighted by atomic mass is 10.2. The Morgan fingerprint density at radius 2 is 1.77 bits per heavy atom. The third-order valence-corrected chi connectivity index (χ3v) is 1.85. The Balaban J connectivity index is 4.22. The summed E-state index contributed by atoms with van der Waals surface area (Å²) < 4.78 is 0. The zero-order valence-electron chi connectivity index (χ0n) is 8.87. The van der Waals surface area contributed by atoms with Crippen LogP contribution in [-0.4, -0.2) is 22.9 Å². The fourth-order valence-electron chi connectivity index (χ4n) is 1.46. The lowest BCUT2D eigenvalue weighted by Crippen LogP contribution is -2.41. The van der Waals surface area contributed by atoms with E-state index < -0.39 is 0 Å². The maximum absolute atomic E-state index is 11.6. The average molecular weight is 182 g/mol. The summed E-state index contributed by atoms with van der Waals surface area (Å²) in [7, 11) is 0. The van der Waals surface area contributed by atoms with Crippen LogP contribution in [0, 0.1) is 11.3 Å². The Morgan fingerprint density at radius 3 is 2.08 bits per heavy atom. The third-order valence-electron chi connectivity index (χ3n) is 1.85. The zero-order chi connectivity index (χ0) is 10.4. The molecule has 0 aliphatic rings. The number of carbonyl (C=O) groups is 1. The lowest BCUT2D eigenvalue weighted by Gasteiger charge is -2.30. The first-order valence-corrected chi connectivity index (χ1v) is 4.68. The Hall–Kier alpha value is -1.04. The maximum Gasteiger partial charge on any atom is 0.224 e. The van der Waals surface area contributed by atoms with Gasteiger partial charge in [-0.2, -0.15) is 5.26 Å². The van der Waals surface area contributed by atoms with Gasteiger partial charge in [-0.25, -0.2) is 0 Å². The van der Waals surface area contributed by atoms with E-state index in [2.05, 4.69) is 0 Å². The van der Waals surface area contributed by atoms with E-state index in [4.69, 9.17) is 5.26 Å². The van der Waals surface area contributed by atoms with E-state index in [1.165, 1.54) is 0 Å². The monoisotopic (exact) mass is 182 g/mol. The van der Waals surface area contributed by atoms with Gasteiger partial charge in [-0.15, -0.1) is 0 Å². The van der Waals surface area contributed by atoms with Crippen molar-refractivity contribution in [3.63, 3.8) is 0 Å². The van der Waals surface area contributed by atoms with Crippen LogP contribution in [0.2, 0.25) is 0 Å². The number of carbonyl (C=O) groups excluding carboxylic acids is 1. The van der Waals surface area contributed by atoms with Gasteiger partial charge >= 0.3 is 0 Å². The van der Waals surface area contributed by atoms with Crippen LogP contribution in [-0.2, 0) is 4.79 Å². The van der Waals surface area contributed by atoms with Crippen LogP contribution in [0.1, 0.15) is 40.5 Å². The van der Waals surface area contributed by atoms with E-state index in [9.17, 15) is 4.79 Å². The van der Waals surface area contributed by atoms with Crippen LogP contribution in [0.3, 0.4) is 0 Å². The van der Waals surface area contributed by atoms with E-state index in [0.717, 1.165) is 0 Å². The smallest absolute Gasteiger partial charge is 0.224 e. The molecule has 0 aliphatic carbocycles. The highest BCUT2D eigenvalue weighted by molar-refractivity contribution is 5.76. The first-order chi connectivity index (χ1) is 6.00. The molecule has 0 aliphatic heterocycles. The molecule has 0 spiro atoms. The quantitative estimate of drug-likeness (QED) is 0.666. The molecule has 13 heavy (non-hydrogen) atoms. The molecule has 3 nitrogen and oxygen atoms in total. The van der Waals surface area contributed by atoms with Crippen LogP contribution in [0.4, 0.5) is 0 Å². The lowest BCUT2D eigenvalue weighted by molar-refractivity contribution is -0.134. The molecule has 74 valence electrons. The van der Waals surface area contributed by atoms with Gasteiger partial charge in [0.05, 0.1) is 6.07 Å². The molecule has 0 saturated carbocycles. The summed E-state index contributed by atoms with van der Waals surface area (Å²) in [6, 6.07) is 2.41. The minimum absolute atomic E-state index is 0.0755. The van der Waals surface area contributed by atoms with Gasteiger partial charge in [-0.1, -0.05) is 0 Å². The number of hydrogen-bond donors (Lipinski definition) is 0. The highest BCUT2D eigenvalue weighted by atomic mass is 16.2. The number of nitrogens with zero attached hydrogens (tertiary/aromatic N) is 2. The van der Waals surface area contributed by atoms with E-state index in [0.29, 0.717) is 12.8 Å². The SMILES string of the molecule is CC(C)N(C(=O)CCC#N)C(C)C. The van der Waals surface area contributed by atoms with Gasteiger partial charge in [0.15, 0.2) is 0 Å². The Kier molecular flexibility index (Phi) is 5.13. The Bertz CT molecular complexity index is 195. The second-order valence-corrected chi connectivity index (χ2v) is 3.65. The van der Waals surface area contributed by atoms with Crippen molar-refractivity contribution in [1.82, 2.24) is 4.90 Å². The van der Waals surface area contributed by atoms with E-state index >= 15 is 0 Å². The Morgan fingerprint density at radius 1 is 1.31 bits per heavy atom. The second-order valence-electron chi connectivity index (χ2n) is 3.65. The summed E-state index contributed by atoms with van der Waals surface area (Å²) in [6.45, 7) is 7.96. The van der Waals surface area contributed by atoms with Gasteiger partial charge in [0.1, 0.15) is 0 Å². The number of rotatable bonds is 4. The second kappa shape index (κ2) is 5.58. The first-order valence-electron chi connectivity index (χ1n) is 4.68. The molecular formula is C10H18N2O. The molecular weight excluding hydrogens is 164 g/mol.